The number of imidazole rings is 1. The van der Waals surface area contributed by atoms with Crippen molar-refractivity contribution in [3.8, 4) is 0 Å². The molecule has 4 rings (SSSR count). The van der Waals surface area contributed by atoms with Gasteiger partial charge in [-0.1, -0.05) is 12.1 Å². The average Bonchev–Trinajstić information content (AvgIpc) is 3.29. The number of aromatic nitrogens is 2. The molecule has 26 heavy (non-hydrogen) atoms. The van der Waals surface area contributed by atoms with Crippen molar-refractivity contribution in [2.75, 3.05) is 20.2 Å². The minimum absolute atomic E-state index is 0.120. The summed E-state index contributed by atoms with van der Waals surface area (Å²) in [7, 11) is 1.67. The number of carbonyl (C=O) groups excluding carboxylic acids is 1. The number of ether oxygens (including phenoxy) is 1. The zero-order valence-corrected chi connectivity index (χ0v) is 15.9. The number of para-hydroxylation sites is 1. The molecule has 0 bridgehead atoms. The molecule has 1 aliphatic rings. The first-order chi connectivity index (χ1) is 12.7. The molecular formula is C20H23N3O2S. The number of aryl methyl sites for hydroxylation is 1. The zero-order chi connectivity index (χ0) is 18.1. The van der Waals surface area contributed by atoms with Gasteiger partial charge in [-0.25, -0.2) is 4.98 Å². The molecule has 0 spiro atoms. The van der Waals surface area contributed by atoms with Crippen LogP contribution in [-0.2, 0) is 11.3 Å². The van der Waals surface area contributed by atoms with Crippen LogP contribution in [-0.4, -0.2) is 41.0 Å². The average molecular weight is 369 g/mol. The SMILES string of the molecule is COCc1ccc(C(=O)N2CCC[C@H](c3nc4c(C)cccc4[nH]3)C2)s1. The number of amides is 1. The number of carbonyl (C=O) groups is 1. The van der Waals surface area contributed by atoms with Crippen LogP contribution >= 0.6 is 11.3 Å². The van der Waals surface area contributed by atoms with Crippen LogP contribution < -0.4 is 0 Å². The number of thiophene rings is 1. The summed E-state index contributed by atoms with van der Waals surface area (Å²) in [5, 5.41) is 0. The van der Waals surface area contributed by atoms with Crippen molar-refractivity contribution in [3.05, 3.63) is 51.5 Å². The molecule has 3 aromatic rings. The third-order valence-corrected chi connectivity index (χ3v) is 6.03. The lowest BCUT2D eigenvalue weighted by Crippen LogP contribution is -2.39. The highest BCUT2D eigenvalue weighted by atomic mass is 32.1. The predicted octanol–water partition coefficient (Wildman–Crippen LogP) is 4.10. The summed E-state index contributed by atoms with van der Waals surface area (Å²) in [6, 6.07) is 10.1. The van der Waals surface area contributed by atoms with Gasteiger partial charge in [0.25, 0.3) is 5.91 Å². The molecule has 5 nitrogen and oxygen atoms in total. The van der Waals surface area contributed by atoms with E-state index >= 15 is 0 Å². The van der Waals surface area contributed by atoms with E-state index in [4.69, 9.17) is 9.72 Å². The summed E-state index contributed by atoms with van der Waals surface area (Å²) in [6.45, 7) is 4.16. The van der Waals surface area contributed by atoms with Crippen molar-refractivity contribution in [2.45, 2.75) is 32.3 Å². The molecule has 1 saturated heterocycles. The van der Waals surface area contributed by atoms with Gasteiger partial charge in [0, 0.05) is 31.0 Å². The van der Waals surface area contributed by atoms with Crippen molar-refractivity contribution in [2.24, 2.45) is 0 Å². The molecular weight excluding hydrogens is 346 g/mol. The van der Waals surface area contributed by atoms with Crippen LogP contribution in [0, 0.1) is 6.92 Å². The molecule has 136 valence electrons. The van der Waals surface area contributed by atoms with Crippen LogP contribution in [0.25, 0.3) is 11.0 Å². The smallest absolute Gasteiger partial charge is 0.263 e. The predicted molar refractivity (Wildman–Crippen MR) is 104 cm³/mol. The number of nitrogens with one attached hydrogen (secondary N) is 1. The largest absolute Gasteiger partial charge is 0.379 e. The van der Waals surface area contributed by atoms with E-state index in [1.807, 2.05) is 23.1 Å². The maximum absolute atomic E-state index is 12.9. The molecule has 0 saturated carbocycles. The molecule has 1 aromatic carbocycles. The third-order valence-electron chi connectivity index (χ3n) is 4.99. The minimum Gasteiger partial charge on any atom is -0.379 e. The maximum atomic E-state index is 12.9. The van der Waals surface area contributed by atoms with Crippen LogP contribution in [0.2, 0.25) is 0 Å². The van der Waals surface area contributed by atoms with Gasteiger partial charge in [-0.15, -0.1) is 11.3 Å². The Kier molecular flexibility index (Phi) is 4.78. The number of fused-ring (bicyclic) bond motifs is 1. The van der Waals surface area contributed by atoms with E-state index in [-0.39, 0.29) is 11.8 Å². The highest BCUT2D eigenvalue weighted by Crippen LogP contribution is 2.29. The number of piperidine rings is 1. The molecule has 1 aliphatic heterocycles. The Morgan fingerprint density at radius 2 is 2.27 bits per heavy atom. The molecule has 2 aromatic heterocycles. The zero-order valence-electron chi connectivity index (χ0n) is 15.1. The first kappa shape index (κ1) is 17.2. The third kappa shape index (κ3) is 3.27. The van der Waals surface area contributed by atoms with Gasteiger partial charge in [0.1, 0.15) is 5.82 Å². The number of hydrogen-bond acceptors (Lipinski definition) is 4. The van der Waals surface area contributed by atoms with Crippen LogP contribution in [0.5, 0.6) is 0 Å². The number of hydrogen-bond donors (Lipinski definition) is 1. The minimum atomic E-state index is 0.120. The standard InChI is InChI=1S/C20H23N3O2S/c1-13-5-3-7-16-18(13)22-19(21-16)14-6-4-10-23(11-14)20(24)17-9-8-15(26-17)12-25-2/h3,5,7-9,14H,4,6,10-12H2,1-2H3,(H,21,22)/t14-/m0/s1. The topological polar surface area (TPSA) is 58.2 Å². The van der Waals surface area contributed by atoms with Gasteiger partial charge in [0.2, 0.25) is 0 Å². The molecule has 3 heterocycles. The summed E-state index contributed by atoms with van der Waals surface area (Å²) in [5.41, 5.74) is 3.29. The summed E-state index contributed by atoms with van der Waals surface area (Å²) in [5.74, 6) is 1.38. The number of likely N-dealkylation sites (tertiary alicyclic amines) is 1. The Labute approximate surface area is 157 Å². The second-order valence-electron chi connectivity index (χ2n) is 6.88. The van der Waals surface area contributed by atoms with E-state index in [2.05, 4.69) is 24.0 Å². The Hall–Kier alpha value is -2.18. The quantitative estimate of drug-likeness (QED) is 0.753. The fourth-order valence-corrected chi connectivity index (χ4v) is 4.59. The van der Waals surface area contributed by atoms with Gasteiger partial charge in [0.05, 0.1) is 22.5 Å². The van der Waals surface area contributed by atoms with Crippen LogP contribution in [0.3, 0.4) is 0 Å². The van der Waals surface area contributed by atoms with E-state index in [9.17, 15) is 4.79 Å². The number of rotatable bonds is 4. The molecule has 6 heteroatoms. The molecule has 0 radical (unpaired) electrons. The Balaban J connectivity index is 1.52. The summed E-state index contributed by atoms with van der Waals surface area (Å²) < 4.78 is 5.15. The Morgan fingerprint density at radius 1 is 1.38 bits per heavy atom. The number of methoxy groups -OCH3 is 1. The van der Waals surface area contributed by atoms with Crippen molar-refractivity contribution in [1.82, 2.24) is 14.9 Å². The Bertz CT molecular complexity index is 930. The monoisotopic (exact) mass is 369 g/mol. The van der Waals surface area contributed by atoms with Crippen molar-refractivity contribution in [1.29, 1.82) is 0 Å². The molecule has 1 N–H and O–H groups in total. The van der Waals surface area contributed by atoms with Crippen LogP contribution in [0.15, 0.2) is 30.3 Å². The lowest BCUT2D eigenvalue weighted by Gasteiger charge is -2.31. The van der Waals surface area contributed by atoms with E-state index < -0.39 is 0 Å². The highest BCUT2D eigenvalue weighted by Gasteiger charge is 2.28. The van der Waals surface area contributed by atoms with Crippen molar-refractivity contribution in [3.63, 3.8) is 0 Å². The van der Waals surface area contributed by atoms with Crippen molar-refractivity contribution < 1.29 is 9.53 Å². The number of benzene rings is 1. The second kappa shape index (κ2) is 7.21. The lowest BCUT2D eigenvalue weighted by atomic mass is 9.97. The van der Waals surface area contributed by atoms with E-state index in [1.165, 1.54) is 16.9 Å². The summed E-state index contributed by atoms with van der Waals surface area (Å²) in [4.78, 5) is 25.0. The molecule has 0 unspecified atom stereocenters. The molecule has 0 aliphatic carbocycles. The van der Waals surface area contributed by atoms with Crippen LogP contribution in [0.1, 0.15) is 44.7 Å². The highest BCUT2D eigenvalue weighted by molar-refractivity contribution is 7.14. The molecule has 1 atom stereocenters. The lowest BCUT2D eigenvalue weighted by molar-refractivity contribution is 0.0710. The molecule has 1 fully saturated rings. The van der Waals surface area contributed by atoms with Crippen LogP contribution in [0.4, 0.5) is 0 Å². The maximum Gasteiger partial charge on any atom is 0.263 e. The molecule has 1 amide bonds. The summed E-state index contributed by atoms with van der Waals surface area (Å²) >= 11 is 1.52. The van der Waals surface area contributed by atoms with E-state index in [1.54, 1.807) is 7.11 Å². The fourth-order valence-electron chi connectivity index (χ4n) is 3.64. The Morgan fingerprint density at radius 3 is 3.08 bits per heavy atom. The summed E-state index contributed by atoms with van der Waals surface area (Å²) in [6.07, 6.45) is 2.06. The van der Waals surface area contributed by atoms with Gasteiger partial charge in [-0.2, -0.15) is 0 Å². The normalized spacial score (nSPS) is 17.8. The van der Waals surface area contributed by atoms with Gasteiger partial charge in [-0.05, 0) is 43.5 Å². The van der Waals surface area contributed by atoms with Crippen molar-refractivity contribution >= 4 is 28.3 Å². The van der Waals surface area contributed by atoms with Gasteiger partial charge in [-0.3, -0.25) is 4.79 Å². The fraction of sp³-hybridized carbons (Fsp3) is 0.400. The van der Waals surface area contributed by atoms with Gasteiger partial charge >= 0.3 is 0 Å². The van der Waals surface area contributed by atoms with E-state index in [0.29, 0.717) is 6.61 Å². The van der Waals surface area contributed by atoms with Gasteiger partial charge in [0.15, 0.2) is 0 Å². The number of H-pyrrole nitrogens is 1. The number of nitrogens with zero attached hydrogens (tertiary/aromatic N) is 2. The van der Waals surface area contributed by atoms with Gasteiger partial charge < -0.3 is 14.6 Å². The number of aromatic amines is 1. The first-order valence-electron chi connectivity index (χ1n) is 8.98. The van der Waals surface area contributed by atoms with E-state index in [0.717, 1.165) is 52.5 Å². The second-order valence-corrected chi connectivity index (χ2v) is 8.05. The first-order valence-corrected chi connectivity index (χ1v) is 9.79.